The fourth-order valence-corrected chi connectivity index (χ4v) is 0.747. The predicted octanol–water partition coefficient (Wildman–Crippen LogP) is -4.29. The average molecular weight is 383 g/mol. The first-order chi connectivity index (χ1) is 8.36. The zero-order valence-electron chi connectivity index (χ0n) is 11.5. The summed E-state index contributed by atoms with van der Waals surface area (Å²) in [6, 6.07) is -1.85. The van der Waals surface area contributed by atoms with Gasteiger partial charge in [-0.15, -0.1) is 0 Å². The van der Waals surface area contributed by atoms with E-state index in [0.29, 0.717) is 0 Å². The number of nitrogens with zero attached hydrogens (tertiary/aromatic N) is 2. The Balaban J connectivity index is -0.0000000771. The molecule has 136 valence electrons. The maximum absolute atomic E-state index is 10.2. The van der Waals surface area contributed by atoms with Crippen LogP contribution in [0.25, 0.3) is 0 Å². The Labute approximate surface area is 136 Å². The Morgan fingerprint density at radius 3 is 1.04 bits per heavy atom. The van der Waals surface area contributed by atoms with Crippen LogP contribution in [0.2, 0.25) is 0 Å². The number of nitrogens with one attached hydrogen (secondary N) is 4. The van der Waals surface area contributed by atoms with Crippen molar-refractivity contribution in [1.29, 1.82) is 0 Å². The summed E-state index contributed by atoms with van der Waals surface area (Å²) in [4.78, 5) is 53.1. The summed E-state index contributed by atoms with van der Waals surface area (Å²) in [6.45, 7) is 0. The standard InChI is InChI=1S/2C3H3N3O3.4H3N.Ni/c2*7-1-4-2(8)6-3(9)5-1;;;;;/h2*(H3,4,5,6,7,8,9);4*1H3;/q;;;;;;+2/p-2. The first-order valence-electron chi connectivity index (χ1n) is 4.12. The van der Waals surface area contributed by atoms with Crippen LogP contribution < -0.4 is 57.6 Å². The number of hydrogen-bond acceptors (Lipinski definition) is 12. The SMILES string of the molecule is N.N.N.N.O=c1nc([O-])[nH]c(=O)[nH]1.O=c1nc([O-])[nH]c(=O)[nH]1.[Ni+2]. The van der Waals surface area contributed by atoms with Crippen molar-refractivity contribution in [1.82, 2.24) is 54.5 Å². The van der Waals surface area contributed by atoms with E-state index in [1.807, 2.05) is 0 Å². The minimum Gasteiger partial charge on any atom is -0.846 e. The second kappa shape index (κ2) is 14.1. The fourth-order valence-electron chi connectivity index (χ4n) is 0.747. The van der Waals surface area contributed by atoms with Gasteiger partial charge in [-0.2, -0.15) is 9.97 Å². The van der Waals surface area contributed by atoms with Crippen molar-refractivity contribution in [3.05, 3.63) is 41.9 Å². The second-order valence-electron chi connectivity index (χ2n) is 2.60. The smallest absolute Gasteiger partial charge is 0.846 e. The number of H-pyrrole nitrogens is 4. The number of rotatable bonds is 0. The van der Waals surface area contributed by atoms with Gasteiger partial charge in [-0.1, -0.05) is 0 Å². The summed E-state index contributed by atoms with van der Waals surface area (Å²) in [5.41, 5.74) is -3.52. The molecule has 2 aromatic heterocycles. The Bertz CT molecular complexity index is 641. The molecule has 2 aromatic rings. The molecule has 0 radical (unpaired) electrons. The van der Waals surface area contributed by atoms with E-state index in [-0.39, 0.29) is 41.1 Å². The van der Waals surface area contributed by atoms with Gasteiger partial charge in [0.1, 0.15) is 0 Å². The summed E-state index contributed by atoms with van der Waals surface area (Å²) in [7, 11) is 0. The molecule has 0 atom stereocenters. The topological polar surface area (TPSA) is 343 Å². The van der Waals surface area contributed by atoms with Crippen LogP contribution in [0, 0.1) is 0 Å². The molecule has 0 saturated carbocycles. The van der Waals surface area contributed by atoms with E-state index < -0.39 is 34.8 Å². The first-order valence-corrected chi connectivity index (χ1v) is 4.12. The molecule has 0 fully saturated rings. The molecule has 0 bridgehead atoms. The van der Waals surface area contributed by atoms with Crippen molar-refractivity contribution in [2.45, 2.75) is 0 Å². The van der Waals surface area contributed by atoms with Gasteiger partial charge in [-0.3, -0.25) is 9.97 Å². The molecule has 23 heavy (non-hydrogen) atoms. The van der Waals surface area contributed by atoms with Crippen molar-refractivity contribution < 1.29 is 26.7 Å². The van der Waals surface area contributed by atoms with Crippen molar-refractivity contribution in [3.8, 4) is 12.0 Å². The Morgan fingerprint density at radius 1 is 0.609 bits per heavy atom. The molecule has 0 aliphatic carbocycles. The molecule has 0 aromatic carbocycles. The van der Waals surface area contributed by atoms with E-state index in [1.165, 1.54) is 0 Å². The van der Waals surface area contributed by atoms with Crippen LogP contribution in [0.1, 0.15) is 0 Å². The van der Waals surface area contributed by atoms with E-state index >= 15 is 0 Å². The third-order valence-electron chi connectivity index (χ3n) is 1.29. The van der Waals surface area contributed by atoms with Crippen LogP contribution in [-0.2, 0) is 16.5 Å². The van der Waals surface area contributed by atoms with Gasteiger partial charge in [0.15, 0.2) is 0 Å². The van der Waals surface area contributed by atoms with Crippen molar-refractivity contribution in [3.63, 3.8) is 0 Å². The van der Waals surface area contributed by atoms with Crippen molar-refractivity contribution in [2.24, 2.45) is 0 Å². The van der Waals surface area contributed by atoms with Crippen LogP contribution in [-0.4, -0.2) is 29.9 Å². The van der Waals surface area contributed by atoms with E-state index in [4.69, 9.17) is 0 Å². The molecule has 0 amide bonds. The van der Waals surface area contributed by atoms with Gasteiger partial charge < -0.3 is 44.8 Å². The third kappa shape index (κ3) is 12.6. The summed E-state index contributed by atoms with van der Waals surface area (Å²) in [5, 5.41) is 20.2. The summed E-state index contributed by atoms with van der Waals surface area (Å²) in [6.07, 6.45) is 0. The van der Waals surface area contributed by atoms with Crippen LogP contribution in [0.3, 0.4) is 0 Å². The van der Waals surface area contributed by atoms with E-state index in [0.717, 1.165) is 0 Å². The molecule has 2 heterocycles. The third-order valence-corrected chi connectivity index (χ3v) is 1.29. The largest absolute Gasteiger partial charge is 2.00 e. The van der Waals surface area contributed by atoms with Gasteiger partial charge in [0, 0.05) is 0 Å². The molecular weight excluding hydrogens is 367 g/mol. The zero-order valence-corrected chi connectivity index (χ0v) is 12.5. The molecular formula is C6H16N10NiO6. The van der Waals surface area contributed by atoms with Gasteiger partial charge >= 0.3 is 39.3 Å². The molecule has 16 N–H and O–H groups in total. The fraction of sp³-hybridized carbons (Fsp3) is 0. The molecule has 17 heteroatoms. The Kier molecular flexibility index (Phi) is 19.7. The molecule has 0 saturated heterocycles. The first kappa shape index (κ1) is 32.2. The van der Waals surface area contributed by atoms with Crippen LogP contribution in [0.4, 0.5) is 0 Å². The van der Waals surface area contributed by atoms with Crippen LogP contribution in [0.5, 0.6) is 12.0 Å². The van der Waals surface area contributed by atoms with Gasteiger partial charge in [-0.25, -0.2) is 19.2 Å². The number of aromatic nitrogens is 6. The molecule has 16 nitrogen and oxygen atoms in total. The average Bonchev–Trinajstić information content (AvgIpc) is 2.12. The van der Waals surface area contributed by atoms with Crippen molar-refractivity contribution >= 4 is 0 Å². The van der Waals surface area contributed by atoms with E-state index in [1.54, 1.807) is 19.9 Å². The monoisotopic (exact) mass is 382 g/mol. The normalized spacial score (nSPS) is 7.30. The number of hydrogen-bond donors (Lipinski definition) is 8. The van der Waals surface area contributed by atoms with Crippen molar-refractivity contribution in [2.75, 3.05) is 0 Å². The summed E-state index contributed by atoms with van der Waals surface area (Å²) < 4.78 is 0. The quantitative estimate of drug-likeness (QED) is 0.200. The molecule has 0 aliphatic rings. The van der Waals surface area contributed by atoms with Gasteiger partial charge in [0.2, 0.25) is 0 Å². The molecule has 0 unspecified atom stereocenters. The maximum atomic E-state index is 10.2. The zero-order chi connectivity index (χ0) is 13.7. The number of aromatic amines is 4. The maximum Gasteiger partial charge on any atom is 2.00 e. The van der Waals surface area contributed by atoms with Crippen LogP contribution >= 0.6 is 0 Å². The van der Waals surface area contributed by atoms with Gasteiger partial charge in [0.25, 0.3) is 0 Å². The van der Waals surface area contributed by atoms with Gasteiger partial charge in [0.05, 0.1) is 12.0 Å². The molecule has 2 rings (SSSR count). The molecule has 0 spiro atoms. The van der Waals surface area contributed by atoms with E-state index in [2.05, 4.69) is 9.97 Å². The molecule has 0 aliphatic heterocycles. The Morgan fingerprint density at radius 2 is 0.870 bits per heavy atom. The van der Waals surface area contributed by atoms with Gasteiger partial charge in [-0.05, 0) is 0 Å². The summed E-state index contributed by atoms with van der Waals surface area (Å²) in [5.74, 6) is 0. The predicted molar refractivity (Wildman–Crippen MR) is 69.9 cm³/mol. The minimum absolute atomic E-state index is 0. The van der Waals surface area contributed by atoms with E-state index in [9.17, 15) is 29.4 Å². The Hall–Kier alpha value is -2.85. The minimum atomic E-state index is -0.927. The summed E-state index contributed by atoms with van der Waals surface area (Å²) >= 11 is 0. The van der Waals surface area contributed by atoms with Crippen LogP contribution in [0.15, 0.2) is 19.2 Å². The second-order valence-corrected chi connectivity index (χ2v) is 2.60.